The van der Waals surface area contributed by atoms with Gasteiger partial charge in [0.15, 0.2) is 5.82 Å². The van der Waals surface area contributed by atoms with E-state index in [0.29, 0.717) is 6.04 Å². The molecule has 3 aromatic rings. The molecule has 7 heteroatoms. The fraction of sp³-hybridized carbons (Fsp3) is 0.524. The van der Waals surface area contributed by atoms with Crippen LogP contribution >= 0.6 is 0 Å². The molecule has 0 saturated heterocycles. The molecule has 0 aromatic carbocycles. The number of anilines is 2. The van der Waals surface area contributed by atoms with Crippen molar-refractivity contribution in [3.8, 4) is 0 Å². The van der Waals surface area contributed by atoms with Crippen LogP contribution in [0, 0.1) is 0 Å². The second-order valence-corrected chi connectivity index (χ2v) is 7.44. The van der Waals surface area contributed by atoms with Gasteiger partial charge in [-0.25, -0.2) is 0 Å². The van der Waals surface area contributed by atoms with E-state index in [4.69, 9.17) is 5.10 Å². The number of hydrogen-bond acceptors (Lipinski definition) is 6. The molecule has 0 radical (unpaired) electrons. The van der Waals surface area contributed by atoms with Crippen molar-refractivity contribution in [1.82, 2.24) is 24.8 Å². The lowest BCUT2D eigenvalue weighted by atomic mass is 10.1. The van der Waals surface area contributed by atoms with Gasteiger partial charge in [0.2, 0.25) is 5.65 Å². The predicted molar refractivity (Wildman–Crippen MR) is 114 cm³/mol. The van der Waals surface area contributed by atoms with Crippen LogP contribution in [0.5, 0.6) is 0 Å². The van der Waals surface area contributed by atoms with Crippen LogP contribution in [0.25, 0.3) is 5.65 Å². The standard InChI is InChI=1S/C21H31N7/c1-5-17(6-2)24-19-14-18(21-26-25-20(15(3)4)28(21)27-19)23-11-7-8-16-9-12-22-13-10-16/h9-10,12-15,17,23H,5-8,11H2,1-4H3,(H,24,27). The van der Waals surface area contributed by atoms with Crippen molar-refractivity contribution in [1.29, 1.82) is 0 Å². The van der Waals surface area contributed by atoms with E-state index < -0.39 is 0 Å². The summed E-state index contributed by atoms with van der Waals surface area (Å²) in [5, 5.41) is 20.6. The summed E-state index contributed by atoms with van der Waals surface area (Å²) < 4.78 is 1.88. The molecular weight excluding hydrogens is 350 g/mol. The Morgan fingerprint density at radius 1 is 1.07 bits per heavy atom. The topological polar surface area (TPSA) is 80.0 Å². The van der Waals surface area contributed by atoms with E-state index in [1.165, 1.54) is 5.56 Å². The van der Waals surface area contributed by atoms with Crippen LogP contribution in [0.15, 0.2) is 30.6 Å². The fourth-order valence-corrected chi connectivity index (χ4v) is 3.22. The van der Waals surface area contributed by atoms with E-state index in [1.54, 1.807) is 0 Å². The highest BCUT2D eigenvalue weighted by atomic mass is 15.4. The molecule has 0 atom stereocenters. The number of aromatic nitrogens is 5. The Kier molecular flexibility index (Phi) is 6.79. The average Bonchev–Trinajstić information content (AvgIpc) is 3.14. The molecule has 0 bridgehead atoms. The van der Waals surface area contributed by atoms with E-state index >= 15 is 0 Å². The van der Waals surface area contributed by atoms with Gasteiger partial charge in [0.05, 0.1) is 5.69 Å². The molecule has 0 amide bonds. The van der Waals surface area contributed by atoms with Crippen LogP contribution in [0.3, 0.4) is 0 Å². The number of nitrogens with zero attached hydrogens (tertiary/aromatic N) is 5. The van der Waals surface area contributed by atoms with Crippen molar-refractivity contribution in [3.05, 3.63) is 42.0 Å². The lowest BCUT2D eigenvalue weighted by Gasteiger charge is -2.17. The van der Waals surface area contributed by atoms with Crippen LogP contribution in [-0.2, 0) is 6.42 Å². The van der Waals surface area contributed by atoms with Gasteiger partial charge in [-0.1, -0.05) is 27.7 Å². The van der Waals surface area contributed by atoms with Gasteiger partial charge < -0.3 is 10.6 Å². The van der Waals surface area contributed by atoms with Gasteiger partial charge in [-0.05, 0) is 43.4 Å². The van der Waals surface area contributed by atoms with E-state index in [9.17, 15) is 0 Å². The third-order valence-electron chi connectivity index (χ3n) is 4.96. The largest absolute Gasteiger partial charge is 0.382 e. The highest BCUT2D eigenvalue weighted by molar-refractivity contribution is 5.70. The number of rotatable bonds is 10. The number of nitrogens with one attached hydrogen (secondary N) is 2. The molecule has 0 aliphatic carbocycles. The number of fused-ring (bicyclic) bond motifs is 1. The summed E-state index contributed by atoms with van der Waals surface area (Å²) in [6.07, 6.45) is 7.84. The summed E-state index contributed by atoms with van der Waals surface area (Å²) in [6.45, 7) is 9.46. The summed E-state index contributed by atoms with van der Waals surface area (Å²) >= 11 is 0. The molecule has 0 aliphatic rings. The van der Waals surface area contributed by atoms with Crippen molar-refractivity contribution >= 4 is 17.2 Å². The van der Waals surface area contributed by atoms with E-state index in [2.05, 4.69) is 71.7 Å². The molecular formula is C21H31N7. The zero-order valence-corrected chi connectivity index (χ0v) is 17.3. The predicted octanol–water partition coefficient (Wildman–Crippen LogP) is 4.29. The van der Waals surface area contributed by atoms with Crippen LogP contribution in [0.1, 0.15) is 64.3 Å². The van der Waals surface area contributed by atoms with Gasteiger partial charge in [-0.15, -0.1) is 15.3 Å². The van der Waals surface area contributed by atoms with E-state index in [1.807, 2.05) is 16.9 Å². The first-order valence-electron chi connectivity index (χ1n) is 10.3. The van der Waals surface area contributed by atoms with Gasteiger partial charge in [0, 0.05) is 37.0 Å². The second-order valence-electron chi connectivity index (χ2n) is 7.44. The average molecular weight is 382 g/mol. The first-order valence-corrected chi connectivity index (χ1v) is 10.3. The summed E-state index contributed by atoms with van der Waals surface area (Å²) in [5.41, 5.74) is 3.05. The molecule has 0 unspecified atom stereocenters. The highest BCUT2D eigenvalue weighted by Gasteiger charge is 2.16. The Labute approximate surface area is 167 Å². The zero-order chi connectivity index (χ0) is 19.9. The highest BCUT2D eigenvalue weighted by Crippen LogP contribution is 2.23. The number of aryl methyl sites for hydroxylation is 1. The Balaban J connectivity index is 1.78. The molecule has 0 fully saturated rings. The molecule has 0 spiro atoms. The third kappa shape index (κ3) is 4.77. The minimum absolute atomic E-state index is 0.255. The van der Waals surface area contributed by atoms with Crippen molar-refractivity contribution in [2.45, 2.75) is 65.3 Å². The smallest absolute Gasteiger partial charge is 0.201 e. The number of pyridine rings is 1. The molecule has 28 heavy (non-hydrogen) atoms. The summed E-state index contributed by atoms with van der Waals surface area (Å²) in [6, 6.07) is 6.59. The molecule has 3 rings (SSSR count). The van der Waals surface area contributed by atoms with Crippen molar-refractivity contribution < 1.29 is 0 Å². The van der Waals surface area contributed by atoms with Crippen LogP contribution in [0.4, 0.5) is 11.5 Å². The summed E-state index contributed by atoms with van der Waals surface area (Å²) in [7, 11) is 0. The van der Waals surface area contributed by atoms with E-state index in [-0.39, 0.29) is 5.92 Å². The first-order chi connectivity index (χ1) is 13.6. The zero-order valence-electron chi connectivity index (χ0n) is 17.3. The summed E-state index contributed by atoms with van der Waals surface area (Å²) in [4.78, 5) is 4.07. The maximum Gasteiger partial charge on any atom is 0.201 e. The minimum Gasteiger partial charge on any atom is -0.382 e. The maximum atomic E-state index is 4.76. The van der Waals surface area contributed by atoms with Crippen LogP contribution < -0.4 is 10.6 Å². The molecule has 0 aliphatic heterocycles. The first kappa shape index (κ1) is 20.0. The Bertz CT molecular complexity index is 869. The SMILES string of the molecule is CCC(CC)Nc1cc(NCCCc2ccncc2)c2nnc(C(C)C)n2n1. The molecule has 0 saturated carbocycles. The van der Waals surface area contributed by atoms with Gasteiger partial charge in [0.25, 0.3) is 0 Å². The van der Waals surface area contributed by atoms with Gasteiger partial charge >= 0.3 is 0 Å². The molecule has 150 valence electrons. The van der Waals surface area contributed by atoms with Gasteiger partial charge in [-0.3, -0.25) is 4.98 Å². The maximum absolute atomic E-state index is 4.76. The monoisotopic (exact) mass is 381 g/mol. The molecule has 2 N–H and O–H groups in total. The number of hydrogen-bond donors (Lipinski definition) is 2. The molecule has 3 heterocycles. The Morgan fingerprint density at radius 3 is 2.50 bits per heavy atom. The van der Waals surface area contributed by atoms with Crippen molar-refractivity contribution in [3.63, 3.8) is 0 Å². The lowest BCUT2D eigenvalue weighted by Crippen LogP contribution is -2.19. The van der Waals surface area contributed by atoms with Crippen molar-refractivity contribution in [2.24, 2.45) is 0 Å². The third-order valence-corrected chi connectivity index (χ3v) is 4.96. The molecule has 3 aromatic heterocycles. The van der Waals surface area contributed by atoms with Crippen LogP contribution in [-0.4, -0.2) is 37.4 Å². The van der Waals surface area contributed by atoms with Gasteiger partial charge in [0.1, 0.15) is 5.82 Å². The summed E-state index contributed by atoms with van der Waals surface area (Å²) in [5.74, 6) is 1.99. The van der Waals surface area contributed by atoms with Crippen molar-refractivity contribution in [2.75, 3.05) is 17.2 Å². The van der Waals surface area contributed by atoms with Gasteiger partial charge in [-0.2, -0.15) is 4.52 Å². The Morgan fingerprint density at radius 2 is 1.82 bits per heavy atom. The van der Waals surface area contributed by atoms with Crippen LogP contribution in [0.2, 0.25) is 0 Å². The quantitative estimate of drug-likeness (QED) is 0.510. The minimum atomic E-state index is 0.255. The normalized spacial score (nSPS) is 11.5. The fourth-order valence-electron chi connectivity index (χ4n) is 3.22. The molecule has 7 nitrogen and oxygen atoms in total. The Hall–Kier alpha value is -2.70. The second kappa shape index (κ2) is 9.48. The van der Waals surface area contributed by atoms with E-state index in [0.717, 1.165) is 55.2 Å². The lowest BCUT2D eigenvalue weighted by molar-refractivity contribution is 0.661.